The van der Waals surface area contributed by atoms with Gasteiger partial charge in [-0.15, -0.1) is 0 Å². The second-order valence-corrected chi connectivity index (χ2v) is 17.4. The fourth-order valence-electron chi connectivity index (χ4n) is 5.29. The van der Waals surface area contributed by atoms with Crippen LogP contribution in [0.1, 0.15) is 17.0 Å². The van der Waals surface area contributed by atoms with E-state index in [-0.39, 0.29) is 0 Å². The summed E-state index contributed by atoms with van der Waals surface area (Å²) in [5.41, 5.74) is 7.37. The van der Waals surface area contributed by atoms with Crippen molar-refractivity contribution in [2.24, 2.45) is 0 Å². The highest BCUT2D eigenvalue weighted by Gasteiger charge is 2.21. The molecule has 0 N–H and O–H groups in total. The molecule has 1 aliphatic rings. The van der Waals surface area contributed by atoms with Crippen molar-refractivity contribution in [2.45, 2.75) is 52.3 Å². The number of methoxy groups -OCH3 is 1. The summed E-state index contributed by atoms with van der Waals surface area (Å²) in [4.78, 5) is 21.2. The van der Waals surface area contributed by atoms with Gasteiger partial charge in [-0.25, -0.2) is 19.9 Å². The smallest absolute Gasteiger partial charge is 0.161 e. The van der Waals surface area contributed by atoms with Crippen LogP contribution in [0.15, 0.2) is 55.0 Å². The van der Waals surface area contributed by atoms with Crippen molar-refractivity contribution in [3.8, 4) is 16.9 Å². The van der Waals surface area contributed by atoms with Gasteiger partial charge in [0, 0.05) is 44.9 Å². The van der Waals surface area contributed by atoms with Crippen molar-refractivity contribution in [1.82, 2.24) is 24.5 Å². The maximum atomic E-state index is 6.00. The average molecular weight is 553 g/mol. The Morgan fingerprint density at radius 3 is 2.62 bits per heavy atom. The highest BCUT2D eigenvalue weighted by Crippen LogP contribution is 2.33. The predicted octanol–water partition coefficient (Wildman–Crippen LogP) is 6.23. The molecule has 0 spiro atoms. The van der Waals surface area contributed by atoms with Gasteiger partial charge >= 0.3 is 0 Å². The Kier molecular flexibility index (Phi) is 7.02. The summed E-state index contributed by atoms with van der Waals surface area (Å²) in [5, 5.41) is 1.03. The van der Waals surface area contributed by atoms with E-state index in [1.165, 1.54) is 11.1 Å². The highest BCUT2D eigenvalue weighted by molar-refractivity contribution is 6.76. The lowest BCUT2D eigenvalue weighted by Crippen LogP contribution is -2.31. The molecule has 5 aromatic rings. The van der Waals surface area contributed by atoms with Crippen molar-refractivity contribution in [2.75, 3.05) is 25.2 Å². The van der Waals surface area contributed by atoms with Gasteiger partial charge in [-0.05, 0) is 66.4 Å². The van der Waals surface area contributed by atoms with Gasteiger partial charge < -0.3 is 14.4 Å². The van der Waals surface area contributed by atoms with Gasteiger partial charge in [0.1, 0.15) is 36.0 Å². The molecule has 0 saturated carbocycles. The number of nitrogens with zero attached hydrogens (tertiary/aromatic N) is 6. The van der Waals surface area contributed by atoms with Crippen LogP contribution < -0.4 is 9.64 Å². The predicted molar refractivity (Wildman–Crippen MR) is 163 cm³/mol. The van der Waals surface area contributed by atoms with E-state index in [0.29, 0.717) is 6.73 Å². The topological polar surface area (TPSA) is 78.2 Å². The summed E-state index contributed by atoms with van der Waals surface area (Å²) in [5.74, 6) is 2.74. The van der Waals surface area contributed by atoms with Crippen LogP contribution >= 0.6 is 0 Å². The fourth-order valence-corrected chi connectivity index (χ4v) is 6.04. The Hall–Kier alpha value is -3.82. The van der Waals surface area contributed by atoms with Gasteiger partial charge in [0.25, 0.3) is 0 Å². The first kappa shape index (κ1) is 26.4. The van der Waals surface area contributed by atoms with Crippen molar-refractivity contribution >= 4 is 36.0 Å². The lowest BCUT2D eigenvalue weighted by molar-refractivity contribution is 0.0881. The normalized spacial score (nSPS) is 13.7. The van der Waals surface area contributed by atoms with Crippen LogP contribution in [-0.2, 0) is 24.4 Å². The molecule has 0 atom stereocenters. The van der Waals surface area contributed by atoms with E-state index in [0.717, 1.165) is 82.7 Å². The number of aryl methyl sites for hydroxylation is 1. The first-order valence-electron chi connectivity index (χ1n) is 13.9. The van der Waals surface area contributed by atoms with Crippen LogP contribution in [-0.4, -0.2) is 52.8 Å². The minimum atomic E-state index is -1.13. The molecule has 8 nitrogen and oxygen atoms in total. The number of benzene rings is 2. The molecule has 9 heteroatoms. The minimum absolute atomic E-state index is 0.473. The number of hydrogen-bond acceptors (Lipinski definition) is 7. The number of fused-ring (bicyclic) bond motifs is 3. The molecule has 206 valence electrons. The molecule has 0 aliphatic carbocycles. The number of rotatable bonds is 8. The highest BCUT2D eigenvalue weighted by atomic mass is 28.3. The van der Waals surface area contributed by atoms with Crippen molar-refractivity contribution in [3.63, 3.8) is 0 Å². The zero-order valence-electron chi connectivity index (χ0n) is 23.9. The first-order valence-corrected chi connectivity index (χ1v) is 17.6. The van der Waals surface area contributed by atoms with Crippen LogP contribution in [0.25, 0.3) is 33.2 Å². The largest absolute Gasteiger partial charge is 0.497 e. The number of hydrogen-bond donors (Lipinski definition) is 0. The van der Waals surface area contributed by atoms with Gasteiger partial charge in [-0.2, -0.15) is 0 Å². The molecule has 2 aromatic carbocycles. The molecule has 4 heterocycles. The Morgan fingerprint density at radius 1 is 0.925 bits per heavy atom. The third-order valence-electron chi connectivity index (χ3n) is 7.67. The number of anilines is 1. The number of aromatic nitrogens is 5. The fraction of sp³-hybridized carbons (Fsp3) is 0.355. The SMILES string of the molecule is COc1ccc2c(c1)CN(c1ncnc3ccc(-c4cnc5c(c4)nc(C)n5COCC[Si](C)(C)C)cc13)CC2. The van der Waals surface area contributed by atoms with E-state index >= 15 is 0 Å². The third-order valence-corrected chi connectivity index (χ3v) is 9.37. The van der Waals surface area contributed by atoms with Gasteiger partial charge in [0.2, 0.25) is 0 Å². The molecule has 0 saturated heterocycles. The van der Waals surface area contributed by atoms with Crippen molar-refractivity contribution in [3.05, 3.63) is 71.9 Å². The zero-order valence-corrected chi connectivity index (χ0v) is 24.9. The van der Waals surface area contributed by atoms with E-state index in [2.05, 4.69) is 70.5 Å². The number of ether oxygens (including phenoxy) is 2. The summed E-state index contributed by atoms with van der Waals surface area (Å²) in [6.45, 7) is 12.0. The first-order chi connectivity index (χ1) is 19.3. The summed E-state index contributed by atoms with van der Waals surface area (Å²) < 4.78 is 13.5. The second-order valence-electron chi connectivity index (χ2n) is 11.7. The molecule has 0 fully saturated rings. The summed E-state index contributed by atoms with van der Waals surface area (Å²) >= 11 is 0. The van der Waals surface area contributed by atoms with Crippen molar-refractivity contribution < 1.29 is 9.47 Å². The van der Waals surface area contributed by atoms with Gasteiger partial charge in [-0.1, -0.05) is 31.8 Å². The van der Waals surface area contributed by atoms with Crippen LogP contribution in [0.4, 0.5) is 5.82 Å². The third kappa shape index (κ3) is 5.31. The standard InChI is InChI=1S/C31H36N6O2Si/c1-21-35-29-16-24(17-32-31(29)37(21)20-39-12-13-40(3,4)5)23-7-9-28-27(15-23)30(34-19-33-28)36-11-10-22-6-8-26(38-2)14-25(22)18-36/h6-9,14-17,19H,10-13,18,20H2,1-5H3. The molecule has 1 aliphatic heterocycles. The summed E-state index contributed by atoms with van der Waals surface area (Å²) in [6, 6.07) is 15.9. The molecule has 0 unspecified atom stereocenters. The molecule has 6 rings (SSSR count). The zero-order chi connectivity index (χ0) is 27.9. The second kappa shape index (κ2) is 10.6. The quantitative estimate of drug-likeness (QED) is 0.167. The number of imidazole rings is 1. The van der Waals surface area contributed by atoms with Crippen molar-refractivity contribution in [1.29, 1.82) is 0 Å². The van der Waals surface area contributed by atoms with Gasteiger partial charge in [0.15, 0.2) is 5.65 Å². The Bertz CT molecular complexity index is 1690. The molecule has 0 radical (unpaired) electrons. The maximum absolute atomic E-state index is 6.00. The van der Waals surface area contributed by atoms with Crippen LogP contribution in [0, 0.1) is 6.92 Å². The molecule has 0 bridgehead atoms. The average Bonchev–Trinajstić information content (AvgIpc) is 3.27. The van der Waals surface area contributed by atoms with Gasteiger partial charge in [0.05, 0.1) is 12.6 Å². The Balaban J connectivity index is 1.29. The Morgan fingerprint density at radius 2 is 1.80 bits per heavy atom. The summed E-state index contributed by atoms with van der Waals surface area (Å²) in [6.07, 6.45) is 4.55. The summed E-state index contributed by atoms with van der Waals surface area (Å²) in [7, 11) is 0.583. The van der Waals surface area contributed by atoms with Gasteiger partial charge in [-0.3, -0.25) is 4.57 Å². The lowest BCUT2D eigenvalue weighted by atomic mass is 9.98. The minimum Gasteiger partial charge on any atom is -0.497 e. The molecular weight excluding hydrogens is 516 g/mol. The van der Waals surface area contributed by atoms with E-state index < -0.39 is 8.07 Å². The maximum Gasteiger partial charge on any atom is 0.161 e. The molecular formula is C31H36N6O2Si. The molecule has 3 aromatic heterocycles. The Labute approximate surface area is 236 Å². The monoisotopic (exact) mass is 552 g/mol. The van der Waals surface area contributed by atoms with E-state index in [4.69, 9.17) is 24.4 Å². The van der Waals surface area contributed by atoms with E-state index in [9.17, 15) is 0 Å². The number of pyridine rings is 1. The van der Waals surface area contributed by atoms with E-state index in [1.54, 1.807) is 13.4 Å². The lowest BCUT2D eigenvalue weighted by Gasteiger charge is -2.30. The molecule has 40 heavy (non-hydrogen) atoms. The van der Waals surface area contributed by atoms with Crippen LogP contribution in [0.3, 0.4) is 0 Å². The van der Waals surface area contributed by atoms with Crippen LogP contribution in [0.5, 0.6) is 5.75 Å². The molecule has 0 amide bonds. The van der Waals surface area contributed by atoms with Crippen LogP contribution in [0.2, 0.25) is 25.7 Å². The van der Waals surface area contributed by atoms with E-state index in [1.807, 2.05) is 19.2 Å².